The first-order valence-electron chi connectivity index (χ1n) is 7.23. The summed E-state index contributed by atoms with van der Waals surface area (Å²) in [6, 6.07) is 6.64. The molecule has 1 aliphatic rings. The molecule has 0 bridgehead atoms. The van der Waals surface area contributed by atoms with Gasteiger partial charge in [-0.15, -0.1) is 0 Å². The van der Waals surface area contributed by atoms with E-state index in [0.717, 1.165) is 36.8 Å². The monoisotopic (exact) mass is 263 g/mol. The molecular formula is C16H25NO2. The highest BCUT2D eigenvalue weighted by Gasteiger charge is 2.30. The fourth-order valence-corrected chi connectivity index (χ4v) is 2.74. The van der Waals surface area contributed by atoms with E-state index in [9.17, 15) is 0 Å². The predicted molar refractivity (Wildman–Crippen MR) is 78.1 cm³/mol. The van der Waals surface area contributed by atoms with Gasteiger partial charge in [0.05, 0.1) is 14.2 Å². The fourth-order valence-electron chi connectivity index (χ4n) is 2.74. The molecule has 1 saturated carbocycles. The van der Waals surface area contributed by atoms with E-state index in [0.29, 0.717) is 6.04 Å². The molecule has 2 rings (SSSR count). The van der Waals surface area contributed by atoms with Crippen LogP contribution in [-0.4, -0.2) is 26.8 Å². The van der Waals surface area contributed by atoms with Gasteiger partial charge in [0.2, 0.25) is 0 Å². The Morgan fingerprint density at radius 3 is 2.32 bits per heavy atom. The SMILES string of the molecule is CCNC(CCc1c(OC)cccc1OC)C1CC1. The van der Waals surface area contributed by atoms with E-state index in [1.807, 2.05) is 18.2 Å². The minimum atomic E-state index is 0.639. The van der Waals surface area contributed by atoms with Crippen molar-refractivity contribution in [1.29, 1.82) is 0 Å². The van der Waals surface area contributed by atoms with Gasteiger partial charge in [-0.3, -0.25) is 0 Å². The third-order valence-electron chi connectivity index (χ3n) is 3.89. The van der Waals surface area contributed by atoms with Crippen molar-refractivity contribution in [2.24, 2.45) is 5.92 Å². The van der Waals surface area contributed by atoms with E-state index in [4.69, 9.17) is 9.47 Å². The van der Waals surface area contributed by atoms with Crippen molar-refractivity contribution < 1.29 is 9.47 Å². The fraction of sp³-hybridized carbons (Fsp3) is 0.625. The zero-order valence-electron chi connectivity index (χ0n) is 12.2. The largest absolute Gasteiger partial charge is 0.496 e. The normalized spacial score (nSPS) is 16.2. The van der Waals surface area contributed by atoms with Crippen LogP contribution in [0.4, 0.5) is 0 Å². The summed E-state index contributed by atoms with van der Waals surface area (Å²) >= 11 is 0. The smallest absolute Gasteiger partial charge is 0.125 e. The predicted octanol–water partition coefficient (Wildman–Crippen LogP) is 3.02. The average molecular weight is 263 g/mol. The molecule has 0 aromatic heterocycles. The molecule has 3 nitrogen and oxygen atoms in total. The molecule has 1 atom stereocenters. The Balaban J connectivity index is 2.04. The van der Waals surface area contributed by atoms with Crippen LogP contribution < -0.4 is 14.8 Å². The molecular weight excluding hydrogens is 238 g/mol. The van der Waals surface area contributed by atoms with Gasteiger partial charge in [-0.1, -0.05) is 13.0 Å². The Hall–Kier alpha value is -1.22. The quantitative estimate of drug-likeness (QED) is 0.782. The Bertz CT molecular complexity index is 379. The highest BCUT2D eigenvalue weighted by molar-refractivity contribution is 5.44. The molecule has 0 aliphatic heterocycles. The maximum atomic E-state index is 5.46. The van der Waals surface area contributed by atoms with Crippen LogP contribution >= 0.6 is 0 Å². The maximum Gasteiger partial charge on any atom is 0.125 e. The van der Waals surface area contributed by atoms with Gasteiger partial charge >= 0.3 is 0 Å². The molecule has 1 aliphatic carbocycles. The Labute approximate surface area is 116 Å². The van der Waals surface area contributed by atoms with E-state index in [-0.39, 0.29) is 0 Å². The molecule has 3 heteroatoms. The number of hydrogen-bond donors (Lipinski definition) is 1. The first kappa shape index (κ1) is 14.2. The molecule has 0 heterocycles. The van der Waals surface area contributed by atoms with E-state index in [2.05, 4.69) is 12.2 Å². The summed E-state index contributed by atoms with van der Waals surface area (Å²) in [4.78, 5) is 0. The third kappa shape index (κ3) is 3.63. The minimum Gasteiger partial charge on any atom is -0.496 e. The zero-order valence-corrected chi connectivity index (χ0v) is 12.2. The first-order chi connectivity index (χ1) is 9.30. The molecule has 1 fully saturated rings. The van der Waals surface area contributed by atoms with Crippen LogP contribution in [0.15, 0.2) is 18.2 Å². The molecule has 1 N–H and O–H groups in total. The average Bonchev–Trinajstić information content (AvgIpc) is 3.27. The van der Waals surface area contributed by atoms with Gasteiger partial charge in [-0.2, -0.15) is 0 Å². The summed E-state index contributed by atoms with van der Waals surface area (Å²) in [6.07, 6.45) is 4.90. The van der Waals surface area contributed by atoms with Crippen LogP contribution in [0.5, 0.6) is 11.5 Å². The summed E-state index contributed by atoms with van der Waals surface area (Å²) in [6.45, 7) is 3.23. The molecule has 0 amide bonds. The topological polar surface area (TPSA) is 30.5 Å². The van der Waals surface area contributed by atoms with Crippen molar-refractivity contribution >= 4 is 0 Å². The van der Waals surface area contributed by atoms with E-state index < -0.39 is 0 Å². The van der Waals surface area contributed by atoms with E-state index >= 15 is 0 Å². The lowest BCUT2D eigenvalue weighted by molar-refractivity contribution is 0.378. The van der Waals surface area contributed by atoms with Crippen molar-refractivity contribution in [3.63, 3.8) is 0 Å². The van der Waals surface area contributed by atoms with Gasteiger partial charge < -0.3 is 14.8 Å². The van der Waals surface area contributed by atoms with Gasteiger partial charge in [-0.05, 0) is 50.3 Å². The lowest BCUT2D eigenvalue weighted by atomic mass is 10.0. The van der Waals surface area contributed by atoms with Crippen molar-refractivity contribution in [3.8, 4) is 11.5 Å². The summed E-state index contributed by atoms with van der Waals surface area (Å²) < 4.78 is 10.9. The van der Waals surface area contributed by atoms with Crippen molar-refractivity contribution in [2.75, 3.05) is 20.8 Å². The molecule has 1 aromatic rings. The van der Waals surface area contributed by atoms with Gasteiger partial charge in [0, 0.05) is 11.6 Å². The Morgan fingerprint density at radius 1 is 1.21 bits per heavy atom. The molecule has 1 unspecified atom stereocenters. The summed E-state index contributed by atoms with van der Waals surface area (Å²) in [7, 11) is 3.45. The number of nitrogens with one attached hydrogen (secondary N) is 1. The molecule has 19 heavy (non-hydrogen) atoms. The molecule has 0 saturated heterocycles. The molecule has 0 spiro atoms. The highest BCUT2D eigenvalue weighted by atomic mass is 16.5. The van der Waals surface area contributed by atoms with Gasteiger partial charge in [-0.25, -0.2) is 0 Å². The lowest BCUT2D eigenvalue weighted by Gasteiger charge is -2.19. The van der Waals surface area contributed by atoms with Crippen LogP contribution in [-0.2, 0) is 6.42 Å². The summed E-state index contributed by atoms with van der Waals surface area (Å²) in [5, 5.41) is 3.61. The summed E-state index contributed by atoms with van der Waals surface area (Å²) in [5.74, 6) is 2.75. The molecule has 1 aromatic carbocycles. The van der Waals surface area contributed by atoms with Crippen molar-refractivity contribution in [2.45, 2.75) is 38.6 Å². The standard InChI is InChI=1S/C16H25NO2/c1-4-17-14(12-8-9-12)11-10-13-15(18-2)6-5-7-16(13)19-3/h5-7,12,14,17H,4,8-11H2,1-3H3. The maximum absolute atomic E-state index is 5.46. The Morgan fingerprint density at radius 2 is 1.84 bits per heavy atom. The van der Waals surface area contributed by atoms with Crippen LogP contribution in [0.1, 0.15) is 31.7 Å². The zero-order chi connectivity index (χ0) is 13.7. The van der Waals surface area contributed by atoms with Gasteiger partial charge in [0.15, 0.2) is 0 Å². The second-order valence-electron chi connectivity index (χ2n) is 5.18. The third-order valence-corrected chi connectivity index (χ3v) is 3.89. The number of benzene rings is 1. The second kappa shape index (κ2) is 6.80. The van der Waals surface area contributed by atoms with E-state index in [1.165, 1.54) is 18.4 Å². The van der Waals surface area contributed by atoms with Crippen LogP contribution in [0, 0.1) is 5.92 Å². The second-order valence-corrected chi connectivity index (χ2v) is 5.18. The number of methoxy groups -OCH3 is 2. The first-order valence-corrected chi connectivity index (χ1v) is 7.23. The van der Waals surface area contributed by atoms with Crippen LogP contribution in [0.3, 0.4) is 0 Å². The van der Waals surface area contributed by atoms with E-state index in [1.54, 1.807) is 14.2 Å². The highest BCUT2D eigenvalue weighted by Crippen LogP contribution is 2.36. The lowest BCUT2D eigenvalue weighted by Crippen LogP contribution is -2.31. The Kier molecular flexibility index (Phi) is 5.08. The number of ether oxygens (including phenoxy) is 2. The summed E-state index contributed by atoms with van der Waals surface area (Å²) in [5.41, 5.74) is 1.19. The van der Waals surface area contributed by atoms with Gasteiger partial charge in [0.1, 0.15) is 11.5 Å². The van der Waals surface area contributed by atoms with Crippen LogP contribution in [0.25, 0.3) is 0 Å². The van der Waals surface area contributed by atoms with Crippen molar-refractivity contribution in [1.82, 2.24) is 5.32 Å². The van der Waals surface area contributed by atoms with Crippen molar-refractivity contribution in [3.05, 3.63) is 23.8 Å². The number of rotatable bonds is 8. The molecule has 0 radical (unpaired) electrons. The van der Waals surface area contributed by atoms with Gasteiger partial charge in [0.25, 0.3) is 0 Å². The minimum absolute atomic E-state index is 0.639. The molecule has 106 valence electrons. The number of hydrogen-bond acceptors (Lipinski definition) is 3. The van der Waals surface area contributed by atoms with Crippen LogP contribution in [0.2, 0.25) is 0 Å².